The lowest BCUT2D eigenvalue weighted by Gasteiger charge is -2.11. The molecule has 1 aromatic rings. The molecular weight excluding hydrogens is 220 g/mol. The highest BCUT2D eigenvalue weighted by atomic mass is 35.5. The normalized spacial score (nSPS) is 10.5. The lowest BCUT2D eigenvalue weighted by molar-refractivity contribution is -0.403. The monoisotopic (exact) mass is 228 g/mol. The van der Waals surface area contributed by atoms with Crippen LogP contribution >= 0.6 is 11.6 Å². The molecule has 0 aromatic carbocycles. The Morgan fingerprint density at radius 1 is 1.67 bits per heavy atom. The Balaban J connectivity index is 2.54. The zero-order chi connectivity index (χ0) is 11.3. The highest BCUT2D eigenvalue weighted by molar-refractivity contribution is 6.29. The van der Waals surface area contributed by atoms with E-state index < -0.39 is 4.92 Å². The molecule has 0 saturated heterocycles. The van der Waals surface area contributed by atoms with Gasteiger partial charge in [-0.3, -0.25) is 10.1 Å². The maximum Gasteiger partial charge on any atom is 0.251 e. The van der Waals surface area contributed by atoms with Gasteiger partial charge in [0.05, 0.1) is 17.7 Å². The number of rotatable bonds is 4. The fourth-order valence-electron chi connectivity index (χ4n) is 0.904. The zero-order valence-electron chi connectivity index (χ0n) is 7.71. The van der Waals surface area contributed by atoms with Crippen molar-refractivity contribution in [3.63, 3.8) is 0 Å². The Morgan fingerprint density at radius 2 is 2.40 bits per heavy atom. The van der Waals surface area contributed by atoms with Crippen LogP contribution in [-0.2, 0) is 6.54 Å². The smallest absolute Gasteiger partial charge is 0.251 e. The fourth-order valence-corrected chi connectivity index (χ4v) is 1.02. The quantitative estimate of drug-likeness (QED) is 0.362. The largest absolute Gasteiger partial charge is 0.308 e. The first-order valence-electron chi connectivity index (χ1n) is 4.01. The second kappa shape index (κ2) is 5.28. The maximum absolute atomic E-state index is 10.0. The van der Waals surface area contributed by atoms with Crippen LogP contribution < -0.4 is 5.84 Å². The van der Waals surface area contributed by atoms with Gasteiger partial charge in [0, 0.05) is 6.20 Å². The van der Waals surface area contributed by atoms with Gasteiger partial charge in [-0.15, -0.1) is 0 Å². The molecule has 0 fully saturated rings. The Kier molecular flexibility index (Phi) is 4.02. The van der Waals surface area contributed by atoms with E-state index in [-0.39, 0.29) is 0 Å². The Morgan fingerprint density at radius 3 is 2.93 bits per heavy atom. The summed E-state index contributed by atoms with van der Waals surface area (Å²) in [7, 11) is 0. The molecule has 0 radical (unpaired) electrons. The highest BCUT2D eigenvalue weighted by Gasteiger charge is 1.98. The van der Waals surface area contributed by atoms with Crippen molar-refractivity contribution in [3.05, 3.63) is 51.6 Å². The lowest BCUT2D eigenvalue weighted by atomic mass is 10.3. The number of hydrogen-bond acceptors (Lipinski definition) is 5. The van der Waals surface area contributed by atoms with Gasteiger partial charge in [-0.2, -0.15) is 0 Å². The molecule has 0 atom stereocenters. The van der Waals surface area contributed by atoms with E-state index in [1.807, 2.05) is 0 Å². The molecular formula is C8H9ClN4O2. The molecule has 0 saturated carbocycles. The van der Waals surface area contributed by atoms with E-state index in [9.17, 15) is 10.1 Å². The summed E-state index contributed by atoms with van der Waals surface area (Å²) in [6, 6.07) is 3.37. The molecule has 6 nitrogen and oxygen atoms in total. The molecule has 80 valence electrons. The topological polar surface area (TPSA) is 85.3 Å². The molecule has 1 heterocycles. The van der Waals surface area contributed by atoms with Gasteiger partial charge in [0.15, 0.2) is 0 Å². The Hall–Kier alpha value is -1.66. The average molecular weight is 229 g/mol. The van der Waals surface area contributed by atoms with Crippen molar-refractivity contribution >= 4 is 11.6 Å². The summed E-state index contributed by atoms with van der Waals surface area (Å²) in [5.41, 5.74) is 0.815. The van der Waals surface area contributed by atoms with Gasteiger partial charge in [-0.25, -0.2) is 10.8 Å². The minimum absolute atomic E-state index is 0.328. The first kappa shape index (κ1) is 11.4. The van der Waals surface area contributed by atoms with Gasteiger partial charge in [0.1, 0.15) is 5.15 Å². The van der Waals surface area contributed by atoms with Crippen molar-refractivity contribution in [1.82, 2.24) is 9.99 Å². The van der Waals surface area contributed by atoms with Gasteiger partial charge in [-0.05, 0) is 11.6 Å². The third-order valence-corrected chi connectivity index (χ3v) is 1.76. The van der Waals surface area contributed by atoms with E-state index in [0.717, 1.165) is 11.8 Å². The molecule has 1 rings (SSSR count). The maximum atomic E-state index is 10.0. The van der Waals surface area contributed by atoms with Gasteiger partial charge in [-0.1, -0.05) is 17.7 Å². The van der Waals surface area contributed by atoms with Gasteiger partial charge < -0.3 is 5.01 Å². The summed E-state index contributed by atoms with van der Waals surface area (Å²) in [6.07, 6.45) is 3.50. The van der Waals surface area contributed by atoms with Crippen molar-refractivity contribution < 1.29 is 4.92 Å². The SMILES string of the molecule is NN(C=C[N+](=O)[O-])Cc1ccc(Cl)nc1. The van der Waals surface area contributed by atoms with E-state index >= 15 is 0 Å². The molecule has 0 aliphatic heterocycles. The number of nitrogens with two attached hydrogens (primary N) is 1. The van der Waals surface area contributed by atoms with Crippen LogP contribution in [0.4, 0.5) is 0 Å². The van der Waals surface area contributed by atoms with E-state index in [2.05, 4.69) is 4.98 Å². The first-order valence-corrected chi connectivity index (χ1v) is 4.39. The van der Waals surface area contributed by atoms with E-state index in [4.69, 9.17) is 17.4 Å². The van der Waals surface area contributed by atoms with Gasteiger partial charge >= 0.3 is 0 Å². The summed E-state index contributed by atoms with van der Waals surface area (Å²) in [5.74, 6) is 5.47. The summed E-state index contributed by atoms with van der Waals surface area (Å²) in [4.78, 5) is 13.3. The number of halogens is 1. The molecule has 0 amide bonds. The molecule has 0 aliphatic rings. The third kappa shape index (κ3) is 4.39. The summed E-state index contributed by atoms with van der Waals surface area (Å²) in [5, 5.41) is 11.6. The number of hydrazine groups is 1. The highest BCUT2D eigenvalue weighted by Crippen LogP contribution is 2.06. The van der Waals surface area contributed by atoms with Crippen molar-refractivity contribution in [2.45, 2.75) is 6.54 Å². The van der Waals surface area contributed by atoms with Crippen LogP contribution in [0.3, 0.4) is 0 Å². The third-order valence-electron chi connectivity index (χ3n) is 1.53. The number of hydrogen-bond donors (Lipinski definition) is 1. The van der Waals surface area contributed by atoms with E-state index in [0.29, 0.717) is 11.7 Å². The summed E-state index contributed by atoms with van der Waals surface area (Å²) < 4.78 is 0. The number of aromatic nitrogens is 1. The fraction of sp³-hybridized carbons (Fsp3) is 0.125. The van der Waals surface area contributed by atoms with Crippen LogP contribution in [0.1, 0.15) is 5.56 Å². The summed E-state index contributed by atoms with van der Waals surface area (Å²) in [6.45, 7) is 0.328. The predicted molar refractivity (Wildman–Crippen MR) is 55.1 cm³/mol. The van der Waals surface area contributed by atoms with Crippen LogP contribution in [-0.4, -0.2) is 14.9 Å². The molecule has 7 heteroatoms. The second-order valence-corrected chi connectivity index (χ2v) is 3.13. The van der Waals surface area contributed by atoms with Crippen LogP contribution in [0.25, 0.3) is 0 Å². The van der Waals surface area contributed by atoms with E-state index in [1.165, 1.54) is 11.2 Å². The second-order valence-electron chi connectivity index (χ2n) is 2.75. The number of pyridine rings is 1. The Labute approximate surface area is 91.1 Å². The lowest BCUT2D eigenvalue weighted by Crippen LogP contribution is -2.24. The van der Waals surface area contributed by atoms with Crippen LogP contribution in [0.5, 0.6) is 0 Å². The predicted octanol–water partition coefficient (Wildman–Crippen LogP) is 1.16. The Bertz CT molecular complexity index is 365. The standard InChI is InChI=1S/C8H9ClN4O2/c9-8-2-1-7(5-11-8)6-12(10)3-4-13(14)15/h1-5H,6,10H2. The average Bonchev–Trinajstić information content (AvgIpc) is 2.19. The van der Waals surface area contributed by atoms with Crippen molar-refractivity contribution in [1.29, 1.82) is 0 Å². The van der Waals surface area contributed by atoms with Gasteiger partial charge in [0.2, 0.25) is 0 Å². The molecule has 0 bridgehead atoms. The van der Waals surface area contributed by atoms with Crippen molar-refractivity contribution in [2.24, 2.45) is 5.84 Å². The van der Waals surface area contributed by atoms with Crippen molar-refractivity contribution in [2.75, 3.05) is 0 Å². The minimum Gasteiger partial charge on any atom is -0.308 e. The zero-order valence-corrected chi connectivity index (χ0v) is 8.46. The molecule has 2 N–H and O–H groups in total. The van der Waals surface area contributed by atoms with Crippen LogP contribution in [0, 0.1) is 10.1 Å². The number of nitro groups is 1. The van der Waals surface area contributed by atoms with E-state index in [1.54, 1.807) is 18.3 Å². The molecule has 0 unspecified atom stereocenters. The number of nitrogens with zero attached hydrogens (tertiary/aromatic N) is 3. The first-order chi connectivity index (χ1) is 7.08. The molecule has 0 aliphatic carbocycles. The summed E-state index contributed by atoms with van der Waals surface area (Å²) >= 11 is 5.59. The molecule has 15 heavy (non-hydrogen) atoms. The van der Waals surface area contributed by atoms with Crippen LogP contribution in [0.2, 0.25) is 5.15 Å². The molecule has 0 spiro atoms. The van der Waals surface area contributed by atoms with Crippen molar-refractivity contribution in [3.8, 4) is 0 Å². The minimum atomic E-state index is -0.583. The van der Waals surface area contributed by atoms with Crippen LogP contribution in [0.15, 0.2) is 30.7 Å². The van der Waals surface area contributed by atoms with Gasteiger partial charge in [0.25, 0.3) is 6.20 Å². The molecule has 1 aromatic heterocycles.